The fourth-order valence-electron chi connectivity index (χ4n) is 2.87. The van der Waals surface area contributed by atoms with Gasteiger partial charge in [0.1, 0.15) is 0 Å². The fraction of sp³-hybridized carbons (Fsp3) is 0.462. The topological polar surface area (TPSA) is 40.5 Å². The van der Waals surface area contributed by atoms with Crippen LogP contribution in [0.2, 0.25) is 0 Å². The monoisotopic (exact) mass is 295 g/mol. The Morgan fingerprint density at radius 3 is 2.88 bits per heavy atom. The number of likely N-dealkylation sites (tertiary alicyclic amines) is 1. The van der Waals surface area contributed by atoms with Crippen LogP contribution in [0.25, 0.3) is 0 Å². The molecule has 0 amide bonds. The van der Waals surface area contributed by atoms with Crippen molar-refractivity contribution in [3.63, 3.8) is 0 Å². The molecule has 1 saturated heterocycles. The van der Waals surface area contributed by atoms with Crippen LogP contribution in [-0.2, 0) is 11.2 Å². The molecular formula is C13H14BrNO2. The molecule has 1 N–H and O–H groups in total. The van der Waals surface area contributed by atoms with E-state index in [4.69, 9.17) is 5.11 Å². The van der Waals surface area contributed by atoms with Crippen molar-refractivity contribution < 1.29 is 9.90 Å². The van der Waals surface area contributed by atoms with Gasteiger partial charge in [-0.25, -0.2) is 0 Å². The van der Waals surface area contributed by atoms with Crippen molar-refractivity contribution in [3.05, 3.63) is 33.8 Å². The van der Waals surface area contributed by atoms with Crippen molar-refractivity contribution in [1.82, 2.24) is 4.90 Å². The quantitative estimate of drug-likeness (QED) is 0.911. The molecule has 90 valence electrons. The molecule has 3 nitrogen and oxygen atoms in total. The summed E-state index contributed by atoms with van der Waals surface area (Å²) in [5.74, 6) is -0.815. The van der Waals surface area contributed by atoms with Crippen LogP contribution in [0.4, 0.5) is 0 Å². The SMILES string of the molecule is O=C(O)C1CN(C2CCc3cc(Br)ccc32)C1. The van der Waals surface area contributed by atoms with Crippen LogP contribution in [0.1, 0.15) is 23.6 Å². The van der Waals surface area contributed by atoms with Crippen LogP contribution in [0.5, 0.6) is 0 Å². The number of hydrogen-bond acceptors (Lipinski definition) is 2. The summed E-state index contributed by atoms with van der Waals surface area (Å²) in [6, 6.07) is 6.87. The molecule has 0 aromatic heterocycles. The van der Waals surface area contributed by atoms with E-state index < -0.39 is 5.97 Å². The van der Waals surface area contributed by atoms with E-state index >= 15 is 0 Å². The predicted molar refractivity (Wildman–Crippen MR) is 67.9 cm³/mol. The number of carbonyl (C=O) groups is 1. The van der Waals surface area contributed by atoms with E-state index in [-0.39, 0.29) is 5.92 Å². The first-order valence-electron chi connectivity index (χ1n) is 5.90. The highest BCUT2D eigenvalue weighted by molar-refractivity contribution is 9.10. The Hall–Kier alpha value is -0.870. The Balaban J connectivity index is 1.75. The van der Waals surface area contributed by atoms with Gasteiger partial charge in [-0.15, -0.1) is 0 Å². The minimum Gasteiger partial charge on any atom is -0.481 e. The zero-order chi connectivity index (χ0) is 12.0. The van der Waals surface area contributed by atoms with Gasteiger partial charge in [0.15, 0.2) is 0 Å². The Bertz CT molecular complexity index is 468. The summed E-state index contributed by atoms with van der Waals surface area (Å²) in [6.07, 6.45) is 2.23. The molecule has 1 aromatic rings. The van der Waals surface area contributed by atoms with Gasteiger partial charge in [-0.2, -0.15) is 0 Å². The number of rotatable bonds is 2. The number of fused-ring (bicyclic) bond motifs is 1. The number of nitrogens with zero attached hydrogens (tertiary/aromatic N) is 1. The number of halogens is 1. The number of aliphatic carboxylic acids is 1. The molecule has 2 aliphatic rings. The Labute approximate surface area is 109 Å². The molecular weight excluding hydrogens is 282 g/mol. The Morgan fingerprint density at radius 2 is 2.18 bits per heavy atom. The molecule has 0 spiro atoms. The van der Waals surface area contributed by atoms with E-state index in [1.165, 1.54) is 11.1 Å². The van der Waals surface area contributed by atoms with Gasteiger partial charge in [-0.3, -0.25) is 9.69 Å². The lowest BCUT2D eigenvalue weighted by Crippen LogP contribution is -2.51. The Morgan fingerprint density at radius 1 is 1.41 bits per heavy atom. The fourth-order valence-corrected chi connectivity index (χ4v) is 3.27. The van der Waals surface area contributed by atoms with Gasteiger partial charge in [0.2, 0.25) is 0 Å². The highest BCUT2D eigenvalue weighted by atomic mass is 79.9. The molecule has 1 fully saturated rings. The van der Waals surface area contributed by atoms with Crippen LogP contribution < -0.4 is 0 Å². The van der Waals surface area contributed by atoms with E-state index in [0.717, 1.165) is 17.3 Å². The largest absolute Gasteiger partial charge is 0.481 e. The molecule has 1 aliphatic heterocycles. The first-order valence-corrected chi connectivity index (χ1v) is 6.69. The summed E-state index contributed by atoms with van der Waals surface area (Å²) in [5.41, 5.74) is 2.79. The first-order chi connectivity index (χ1) is 8.15. The van der Waals surface area contributed by atoms with E-state index in [1.54, 1.807) is 0 Å². The van der Waals surface area contributed by atoms with Crippen LogP contribution in [0.15, 0.2) is 22.7 Å². The molecule has 0 radical (unpaired) electrons. The predicted octanol–water partition coefficient (Wildman–Crippen LogP) is 2.45. The maximum Gasteiger partial charge on any atom is 0.309 e. The standard InChI is InChI=1S/C13H14BrNO2/c14-10-2-3-11-8(5-10)1-4-12(11)15-6-9(7-15)13(16)17/h2-3,5,9,12H,1,4,6-7H2,(H,16,17). The molecule has 1 aromatic carbocycles. The third-order valence-corrected chi connectivity index (χ3v) is 4.34. The molecule has 17 heavy (non-hydrogen) atoms. The first kappa shape index (κ1) is 11.2. The van der Waals surface area contributed by atoms with Crippen molar-refractivity contribution in [2.24, 2.45) is 5.92 Å². The van der Waals surface area contributed by atoms with E-state index in [2.05, 4.69) is 39.0 Å². The van der Waals surface area contributed by atoms with Gasteiger partial charge >= 0.3 is 5.97 Å². The summed E-state index contributed by atoms with van der Waals surface area (Å²) < 4.78 is 1.13. The summed E-state index contributed by atoms with van der Waals surface area (Å²) in [4.78, 5) is 13.1. The second kappa shape index (κ2) is 4.10. The molecule has 0 saturated carbocycles. The van der Waals surface area contributed by atoms with Crippen LogP contribution in [0, 0.1) is 5.92 Å². The molecule has 3 rings (SSSR count). The average Bonchev–Trinajstić information content (AvgIpc) is 2.58. The number of benzene rings is 1. The van der Waals surface area contributed by atoms with Crippen molar-refractivity contribution in [3.8, 4) is 0 Å². The van der Waals surface area contributed by atoms with Crippen LogP contribution in [0.3, 0.4) is 0 Å². The summed E-state index contributed by atoms with van der Waals surface area (Å²) in [6.45, 7) is 1.41. The molecule has 1 heterocycles. The summed E-state index contributed by atoms with van der Waals surface area (Å²) in [7, 11) is 0. The van der Waals surface area contributed by atoms with Crippen LogP contribution in [-0.4, -0.2) is 29.1 Å². The van der Waals surface area contributed by atoms with Crippen molar-refractivity contribution in [1.29, 1.82) is 0 Å². The summed E-state index contributed by atoms with van der Waals surface area (Å²) in [5, 5.41) is 8.89. The number of hydrogen-bond donors (Lipinski definition) is 1. The molecule has 4 heteroatoms. The molecule has 1 unspecified atom stereocenters. The minimum absolute atomic E-state index is 0.158. The lowest BCUT2D eigenvalue weighted by Gasteiger charge is -2.41. The zero-order valence-corrected chi connectivity index (χ0v) is 11.0. The van der Waals surface area contributed by atoms with Crippen molar-refractivity contribution in [2.45, 2.75) is 18.9 Å². The lowest BCUT2D eigenvalue weighted by molar-refractivity contribution is -0.148. The number of aryl methyl sites for hydroxylation is 1. The maximum absolute atomic E-state index is 10.8. The highest BCUT2D eigenvalue weighted by Crippen LogP contribution is 2.40. The number of carboxylic acid groups (broad SMARTS) is 1. The van der Waals surface area contributed by atoms with Gasteiger partial charge in [0.25, 0.3) is 0 Å². The van der Waals surface area contributed by atoms with E-state index in [0.29, 0.717) is 19.1 Å². The highest BCUT2D eigenvalue weighted by Gasteiger charge is 2.39. The van der Waals surface area contributed by atoms with Crippen LogP contribution >= 0.6 is 15.9 Å². The van der Waals surface area contributed by atoms with Crippen molar-refractivity contribution >= 4 is 21.9 Å². The van der Waals surface area contributed by atoms with E-state index in [1.807, 2.05) is 0 Å². The smallest absolute Gasteiger partial charge is 0.309 e. The van der Waals surface area contributed by atoms with Crippen molar-refractivity contribution in [2.75, 3.05) is 13.1 Å². The van der Waals surface area contributed by atoms with Gasteiger partial charge in [-0.05, 0) is 36.1 Å². The third kappa shape index (κ3) is 1.89. The van der Waals surface area contributed by atoms with Gasteiger partial charge in [-0.1, -0.05) is 22.0 Å². The summed E-state index contributed by atoms with van der Waals surface area (Å²) >= 11 is 3.49. The lowest BCUT2D eigenvalue weighted by atomic mass is 9.95. The second-order valence-corrected chi connectivity index (χ2v) is 5.80. The van der Waals surface area contributed by atoms with Gasteiger partial charge in [0, 0.05) is 23.6 Å². The second-order valence-electron chi connectivity index (χ2n) is 4.89. The maximum atomic E-state index is 10.8. The Kier molecular flexibility index (Phi) is 2.71. The van der Waals surface area contributed by atoms with E-state index in [9.17, 15) is 4.79 Å². The molecule has 1 aliphatic carbocycles. The number of carboxylic acids is 1. The third-order valence-electron chi connectivity index (χ3n) is 3.85. The zero-order valence-electron chi connectivity index (χ0n) is 9.40. The average molecular weight is 296 g/mol. The minimum atomic E-state index is -0.657. The normalized spacial score (nSPS) is 24.4. The molecule has 0 bridgehead atoms. The van der Waals surface area contributed by atoms with Gasteiger partial charge in [0.05, 0.1) is 5.92 Å². The van der Waals surface area contributed by atoms with Gasteiger partial charge < -0.3 is 5.11 Å². The molecule has 1 atom stereocenters.